The minimum absolute atomic E-state index is 0. The smallest absolute Gasteiger partial charge is 0.273 e. The Labute approximate surface area is 85.2 Å². The third kappa shape index (κ3) is 7.55. The van der Waals surface area contributed by atoms with Gasteiger partial charge in [-0.3, -0.25) is 11.3 Å². The molecule has 0 nitrogen and oxygen atoms in total. The zero-order valence-electron chi connectivity index (χ0n) is 4.32. The second-order valence-electron chi connectivity index (χ2n) is 0.723. The largest absolute Gasteiger partial charge is 1.00 e. The topological polar surface area (TPSA) is 0 Å². The van der Waals surface area contributed by atoms with Gasteiger partial charge in [-0.15, -0.1) is 5.38 Å². The first-order valence-corrected chi connectivity index (χ1v) is 5.48. The third-order valence-electron chi connectivity index (χ3n) is 0.379. The van der Waals surface area contributed by atoms with Crippen LogP contribution in [0.25, 0.3) is 0 Å². The SMILES string of the molecule is [Cu][I].[Li+].[c-]1ccsc1. The molecule has 8 heavy (non-hydrogen) atoms. The standard InChI is InChI=1S/C4H3S.Cu.HI.Li/c1-2-4-5-3-1;;;/h1,3-4H;;1H;/q-1;+1;;+1/p-1. The van der Waals surface area contributed by atoms with Gasteiger partial charge in [0.1, 0.15) is 0 Å². The molecule has 0 fully saturated rings. The van der Waals surface area contributed by atoms with Crippen molar-refractivity contribution in [3.63, 3.8) is 0 Å². The van der Waals surface area contributed by atoms with Crippen molar-refractivity contribution in [2.75, 3.05) is 0 Å². The molecule has 44 valence electrons. The molecular formula is C4H3CuILiS. The fourth-order valence-electron chi connectivity index (χ4n) is 0.196. The molecule has 0 N–H and O–H groups in total. The van der Waals surface area contributed by atoms with Crippen molar-refractivity contribution >= 4 is 31.7 Å². The normalized spacial score (nSPS) is 5.88. The Bertz CT molecular complexity index is 72.5. The monoisotopic (exact) mass is 280 g/mol. The summed E-state index contributed by atoms with van der Waals surface area (Å²) >= 11 is 7.53. The molecule has 0 aliphatic carbocycles. The number of halogens is 1. The third-order valence-corrected chi connectivity index (χ3v) is 0.944. The van der Waals surface area contributed by atoms with Crippen LogP contribution in [-0.4, -0.2) is 0 Å². The maximum Gasteiger partial charge on any atom is 1.00 e. The van der Waals surface area contributed by atoms with Crippen molar-refractivity contribution in [1.82, 2.24) is 0 Å². The van der Waals surface area contributed by atoms with E-state index in [4.69, 9.17) is 0 Å². The van der Waals surface area contributed by atoms with Crippen molar-refractivity contribution in [3.05, 3.63) is 22.9 Å². The van der Waals surface area contributed by atoms with Crippen LogP contribution in [0.3, 0.4) is 0 Å². The maximum atomic E-state index is 4.16. The van der Waals surface area contributed by atoms with E-state index in [1.165, 1.54) is 0 Å². The van der Waals surface area contributed by atoms with Crippen LogP contribution < -0.4 is 18.9 Å². The van der Waals surface area contributed by atoms with E-state index in [-0.39, 0.29) is 18.9 Å². The molecule has 0 radical (unpaired) electrons. The van der Waals surface area contributed by atoms with E-state index in [1.807, 2.05) is 16.8 Å². The Morgan fingerprint density at radius 2 is 2.12 bits per heavy atom. The molecule has 0 aliphatic heterocycles. The number of hydrogen-bond acceptors (Lipinski definition) is 1. The van der Waals surface area contributed by atoms with Crippen molar-refractivity contribution < 1.29 is 31.6 Å². The minimum atomic E-state index is 0. The summed E-state index contributed by atoms with van der Waals surface area (Å²) in [6, 6.07) is 4.77. The first kappa shape index (κ1) is 12.2. The van der Waals surface area contributed by atoms with Crippen LogP contribution in [0.15, 0.2) is 16.8 Å². The first-order chi connectivity index (χ1) is 3.50. The molecule has 0 bridgehead atoms. The van der Waals surface area contributed by atoms with Crippen LogP contribution in [0.2, 0.25) is 0 Å². The first-order valence-electron chi connectivity index (χ1n) is 1.50. The van der Waals surface area contributed by atoms with Crippen LogP contribution in [0.1, 0.15) is 0 Å². The van der Waals surface area contributed by atoms with Gasteiger partial charge in [0.05, 0.1) is 0 Å². The Hall–Kier alpha value is 1.55. The fraction of sp³-hybridized carbons (Fsp3) is 0. The molecule has 0 unspecified atom stereocenters. The average molecular weight is 281 g/mol. The van der Waals surface area contributed by atoms with Crippen molar-refractivity contribution in [1.29, 1.82) is 0 Å². The van der Waals surface area contributed by atoms with E-state index in [1.54, 1.807) is 31.7 Å². The molecule has 0 aliphatic rings. The molecule has 1 rings (SSSR count). The van der Waals surface area contributed by atoms with Gasteiger partial charge in [0.25, 0.3) is 0 Å². The number of hydrogen-bond donors (Lipinski definition) is 0. The summed E-state index contributed by atoms with van der Waals surface area (Å²) in [5.74, 6) is 0. The van der Waals surface area contributed by atoms with Gasteiger partial charge in [0.15, 0.2) is 0 Å². The number of thiophene rings is 1. The molecule has 1 heterocycles. The Kier molecular flexibility index (Phi) is 17.4. The van der Waals surface area contributed by atoms with Crippen LogP contribution in [0, 0.1) is 6.07 Å². The summed E-state index contributed by atoms with van der Waals surface area (Å²) < 4.78 is 0. The Morgan fingerprint density at radius 1 is 1.50 bits per heavy atom. The van der Waals surface area contributed by atoms with Gasteiger partial charge < -0.3 is 0 Å². The molecule has 0 saturated heterocycles. The maximum absolute atomic E-state index is 4.16. The Balaban J connectivity index is 0. The van der Waals surface area contributed by atoms with Crippen molar-refractivity contribution in [3.8, 4) is 0 Å². The van der Waals surface area contributed by atoms with Crippen LogP contribution in [0.5, 0.6) is 0 Å². The average Bonchev–Trinajstić information content (AvgIpc) is 2.23. The molecule has 4 heteroatoms. The quantitative estimate of drug-likeness (QED) is 0.339. The molecule has 1 aromatic heterocycles. The summed E-state index contributed by atoms with van der Waals surface area (Å²) in [6.45, 7) is 0. The molecule has 0 spiro atoms. The molecule has 0 amide bonds. The van der Waals surface area contributed by atoms with Crippen LogP contribution in [0.4, 0.5) is 0 Å². The summed E-state index contributed by atoms with van der Waals surface area (Å²) in [7, 11) is 0. The van der Waals surface area contributed by atoms with Gasteiger partial charge in [-0.25, -0.2) is 12.1 Å². The zero-order valence-corrected chi connectivity index (χ0v) is 8.24. The van der Waals surface area contributed by atoms with E-state index in [0.717, 1.165) is 0 Å². The second kappa shape index (κ2) is 11.4. The van der Waals surface area contributed by atoms with E-state index in [9.17, 15) is 0 Å². The van der Waals surface area contributed by atoms with Gasteiger partial charge in [-0.2, -0.15) is 5.38 Å². The summed E-state index contributed by atoms with van der Waals surface area (Å²) in [6.07, 6.45) is 0. The van der Waals surface area contributed by atoms with E-state index < -0.39 is 0 Å². The Morgan fingerprint density at radius 3 is 2.25 bits per heavy atom. The van der Waals surface area contributed by atoms with Crippen LogP contribution >= 0.6 is 31.7 Å². The zero-order chi connectivity index (χ0) is 5.54. The predicted molar refractivity (Wildman–Crippen MR) is 37.2 cm³/mol. The van der Waals surface area contributed by atoms with E-state index in [0.29, 0.717) is 0 Å². The second-order valence-corrected chi connectivity index (χ2v) is 1.50. The van der Waals surface area contributed by atoms with Gasteiger partial charge in [0, 0.05) is 0 Å². The molecular weight excluding hydrogens is 278 g/mol. The molecule has 0 aromatic carbocycles. The molecule has 0 atom stereocenters. The van der Waals surface area contributed by atoms with Gasteiger partial charge in [0.2, 0.25) is 0 Å². The van der Waals surface area contributed by atoms with Crippen molar-refractivity contribution in [2.45, 2.75) is 0 Å². The van der Waals surface area contributed by atoms with E-state index in [2.05, 4.69) is 18.8 Å². The predicted octanol–water partition coefficient (Wildman–Crippen LogP) is -0.565. The summed E-state index contributed by atoms with van der Waals surface area (Å²) in [5.41, 5.74) is 0. The molecule has 0 saturated carbocycles. The van der Waals surface area contributed by atoms with Crippen molar-refractivity contribution in [2.24, 2.45) is 0 Å². The van der Waals surface area contributed by atoms with Gasteiger partial charge in [-0.1, -0.05) is 0 Å². The summed E-state index contributed by atoms with van der Waals surface area (Å²) in [5, 5.41) is 3.90. The van der Waals surface area contributed by atoms with E-state index >= 15 is 0 Å². The van der Waals surface area contributed by atoms with Crippen LogP contribution in [-0.2, 0) is 12.8 Å². The number of rotatable bonds is 0. The van der Waals surface area contributed by atoms with Gasteiger partial charge in [-0.05, 0) is 0 Å². The van der Waals surface area contributed by atoms with Gasteiger partial charge >= 0.3 is 52.0 Å². The fourth-order valence-corrected chi connectivity index (χ4v) is 0.589. The summed E-state index contributed by atoms with van der Waals surface area (Å²) in [4.78, 5) is 0. The minimum Gasteiger partial charge on any atom is -0.273 e. The molecule has 1 aromatic rings.